The molecule has 26 heavy (non-hydrogen) atoms. The molecule has 4 nitrogen and oxygen atoms in total. The number of morpholine rings is 1. The van der Waals surface area contributed by atoms with Crippen LogP contribution in [-0.4, -0.2) is 29.1 Å². The first-order chi connectivity index (χ1) is 12.7. The molecule has 2 unspecified atom stereocenters. The summed E-state index contributed by atoms with van der Waals surface area (Å²) in [5, 5.41) is 0.688. The molecule has 1 aromatic heterocycles. The number of hydrogen-bond acceptors (Lipinski definition) is 4. The number of halogens is 1. The lowest BCUT2D eigenvalue weighted by Crippen LogP contribution is -2.42. The van der Waals surface area contributed by atoms with Crippen molar-refractivity contribution < 1.29 is 9.15 Å². The number of benzene rings is 2. The number of rotatable bonds is 4. The lowest BCUT2D eigenvalue weighted by atomic mass is 10.1. The van der Waals surface area contributed by atoms with Crippen LogP contribution in [0.5, 0.6) is 0 Å². The zero-order valence-corrected chi connectivity index (χ0v) is 15.4. The van der Waals surface area contributed by atoms with Gasteiger partial charge in [-0.1, -0.05) is 54.1 Å². The second-order valence-corrected chi connectivity index (χ2v) is 7.11. The highest BCUT2D eigenvalue weighted by Crippen LogP contribution is 2.27. The largest absolute Gasteiger partial charge is 0.439 e. The van der Waals surface area contributed by atoms with E-state index in [2.05, 4.69) is 28.9 Å². The first-order valence-corrected chi connectivity index (χ1v) is 9.18. The van der Waals surface area contributed by atoms with Crippen LogP contribution in [0.15, 0.2) is 65.2 Å². The van der Waals surface area contributed by atoms with E-state index in [-0.39, 0.29) is 12.2 Å². The minimum Gasteiger partial charge on any atom is -0.439 e. The Morgan fingerprint density at radius 1 is 1.12 bits per heavy atom. The van der Waals surface area contributed by atoms with Crippen LogP contribution in [0.1, 0.15) is 24.5 Å². The second-order valence-electron chi connectivity index (χ2n) is 6.67. The molecule has 2 atom stereocenters. The molecule has 0 amide bonds. The highest BCUT2D eigenvalue weighted by atomic mass is 35.5. The number of aromatic nitrogens is 1. The standard InChI is InChI=1S/C21H21ClN2O2/c1-15-12-24(13-20(25-15)16-6-3-2-4-7-16)14-21-23-11-19(26-21)17-8-5-9-18(22)10-17/h2-11,15,20H,12-14H2,1H3. The fourth-order valence-electron chi connectivity index (χ4n) is 3.37. The molecule has 0 aliphatic carbocycles. The van der Waals surface area contributed by atoms with Gasteiger partial charge in [-0.15, -0.1) is 0 Å². The van der Waals surface area contributed by atoms with E-state index in [1.54, 1.807) is 6.20 Å². The predicted octanol–water partition coefficient (Wildman–Crippen LogP) is 4.96. The quantitative estimate of drug-likeness (QED) is 0.652. The molecule has 1 fully saturated rings. The van der Waals surface area contributed by atoms with Crippen LogP contribution in [0.4, 0.5) is 0 Å². The van der Waals surface area contributed by atoms with Crippen LogP contribution in [0, 0.1) is 0 Å². The van der Waals surface area contributed by atoms with Crippen molar-refractivity contribution in [3.8, 4) is 11.3 Å². The van der Waals surface area contributed by atoms with Crippen LogP contribution in [0.3, 0.4) is 0 Å². The molecule has 1 aliphatic rings. The SMILES string of the molecule is CC1CN(Cc2ncc(-c3cccc(Cl)c3)o2)CC(c2ccccc2)O1. The Balaban J connectivity index is 1.47. The molecule has 4 rings (SSSR count). The smallest absolute Gasteiger partial charge is 0.209 e. The molecular weight excluding hydrogens is 348 g/mol. The molecule has 0 spiro atoms. The van der Waals surface area contributed by atoms with Crippen molar-refractivity contribution in [2.75, 3.05) is 13.1 Å². The maximum absolute atomic E-state index is 6.12. The summed E-state index contributed by atoms with van der Waals surface area (Å²) in [4.78, 5) is 6.78. The van der Waals surface area contributed by atoms with Gasteiger partial charge in [-0.3, -0.25) is 4.90 Å². The maximum atomic E-state index is 6.12. The molecule has 0 N–H and O–H groups in total. The lowest BCUT2D eigenvalue weighted by Gasteiger charge is -2.36. The normalized spacial score (nSPS) is 21.0. The third-order valence-corrected chi connectivity index (χ3v) is 4.76. The minimum absolute atomic E-state index is 0.0716. The average molecular weight is 369 g/mol. The minimum atomic E-state index is 0.0716. The van der Waals surface area contributed by atoms with E-state index in [9.17, 15) is 0 Å². The van der Waals surface area contributed by atoms with Gasteiger partial charge >= 0.3 is 0 Å². The van der Waals surface area contributed by atoms with Gasteiger partial charge in [-0.2, -0.15) is 0 Å². The van der Waals surface area contributed by atoms with Crippen molar-refractivity contribution in [3.63, 3.8) is 0 Å². The van der Waals surface area contributed by atoms with Gasteiger partial charge in [-0.25, -0.2) is 4.98 Å². The first-order valence-electron chi connectivity index (χ1n) is 8.81. The van der Waals surface area contributed by atoms with Crippen LogP contribution in [0.25, 0.3) is 11.3 Å². The number of oxazole rings is 1. The Kier molecular flexibility index (Phi) is 5.07. The molecular formula is C21H21ClN2O2. The number of ether oxygens (including phenoxy) is 1. The Bertz CT molecular complexity index is 865. The van der Waals surface area contributed by atoms with Crippen LogP contribution in [-0.2, 0) is 11.3 Å². The van der Waals surface area contributed by atoms with E-state index in [0.29, 0.717) is 17.5 Å². The fourth-order valence-corrected chi connectivity index (χ4v) is 3.56. The van der Waals surface area contributed by atoms with Gasteiger partial charge in [0, 0.05) is 23.7 Å². The van der Waals surface area contributed by atoms with Crippen LogP contribution >= 0.6 is 11.6 Å². The van der Waals surface area contributed by atoms with E-state index in [0.717, 1.165) is 24.4 Å². The maximum Gasteiger partial charge on any atom is 0.209 e. The second kappa shape index (κ2) is 7.62. The predicted molar refractivity (Wildman–Crippen MR) is 102 cm³/mol. The Hall–Kier alpha value is -2.14. The van der Waals surface area contributed by atoms with Gasteiger partial charge < -0.3 is 9.15 Å². The Labute approximate surface area is 158 Å². The van der Waals surface area contributed by atoms with E-state index in [1.807, 2.05) is 42.5 Å². The lowest BCUT2D eigenvalue weighted by molar-refractivity contribution is -0.0829. The average Bonchev–Trinajstić information content (AvgIpc) is 3.10. The van der Waals surface area contributed by atoms with Crippen molar-refractivity contribution >= 4 is 11.6 Å². The van der Waals surface area contributed by atoms with Gasteiger partial charge in [-0.05, 0) is 24.6 Å². The van der Waals surface area contributed by atoms with Crippen molar-refractivity contribution in [2.24, 2.45) is 0 Å². The molecule has 134 valence electrons. The number of hydrogen-bond donors (Lipinski definition) is 0. The zero-order valence-electron chi connectivity index (χ0n) is 14.6. The third-order valence-electron chi connectivity index (χ3n) is 4.53. The number of nitrogens with zero attached hydrogens (tertiary/aromatic N) is 2. The highest BCUT2D eigenvalue weighted by Gasteiger charge is 2.27. The molecule has 2 heterocycles. The van der Waals surface area contributed by atoms with Crippen molar-refractivity contribution in [1.82, 2.24) is 9.88 Å². The molecule has 1 saturated heterocycles. The Morgan fingerprint density at radius 2 is 1.96 bits per heavy atom. The summed E-state index contributed by atoms with van der Waals surface area (Å²) in [5.74, 6) is 1.45. The van der Waals surface area contributed by atoms with Gasteiger partial charge in [0.25, 0.3) is 0 Å². The van der Waals surface area contributed by atoms with E-state index < -0.39 is 0 Å². The molecule has 3 aromatic rings. The summed E-state index contributed by atoms with van der Waals surface area (Å²) in [7, 11) is 0. The van der Waals surface area contributed by atoms with Crippen molar-refractivity contribution in [3.05, 3.63) is 77.3 Å². The van der Waals surface area contributed by atoms with Gasteiger partial charge in [0.15, 0.2) is 5.76 Å². The van der Waals surface area contributed by atoms with E-state index >= 15 is 0 Å². The summed E-state index contributed by atoms with van der Waals surface area (Å²) in [5.41, 5.74) is 2.14. The van der Waals surface area contributed by atoms with E-state index in [1.165, 1.54) is 5.56 Å². The summed E-state index contributed by atoms with van der Waals surface area (Å²) in [6, 6.07) is 18.0. The molecule has 2 aromatic carbocycles. The first kappa shape index (κ1) is 17.3. The highest BCUT2D eigenvalue weighted by molar-refractivity contribution is 6.30. The zero-order chi connectivity index (χ0) is 17.9. The summed E-state index contributed by atoms with van der Waals surface area (Å²) < 4.78 is 12.1. The third kappa shape index (κ3) is 3.98. The molecule has 1 aliphatic heterocycles. The Morgan fingerprint density at radius 3 is 2.77 bits per heavy atom. The monoisotopic (exact) mass is 368 g/mol. The van der Waals surface area contributed by atoms with Gasteiger partial charge in [0.2, 0.25) is 5.89 Å². The topological polar surface area (TPSA) is 38.5 Å². The fraction of sp³-hybridized carbons (Fsp3) is 0.286. The van der Waals surface area contributed by atoms with Gasteiger partial charge in [0.05, 0.1) is 24.9 Å². The van der Waals surface area contributed by atoms with Crippen molar-refractivity contribution in [2.45, 2.75) is 25.7 Å². The van der Waals surface area contributed by atoms with Gasteiger partial charge in [0.1, 0.15) is 0 Å². The molecule has 0 radical (unpaired) electrons. The summed E-state index contributed by atoms with van der Waals surface area (Å²) >= 11 is 6.06. The molecule has 0 saturated carbocycles. The molecule has 0 bridgehead atoms. The van der Waals surface area contributed by atoms with Crippen LogP contribution < -0.4 is 0 Å². The van der Waals surface area contributed by atoms with Crippen molar-refractivity contribution in [1.29, 1.82) is 0 Å². The molecule has 5 heteroatoms. The van der Waals surface area contributed by atoms with Crippen LogP contribution in [0.2, 0.25) is 5.02 Å². The van der Waals surface area contributed by atoms with E-state index in [4.69, 9.17) is 20.8 Å². The summed E-state index contributed by atoms with van der Waals surface area (Å²) in [6.07, 6.45) is 2.00. The summed E-state index contributed by atoms with van der Waals surface area (Å²) in [6.45, 7) is 4.45.